The summed E-state index contributed by atoms with van der Waals surface area (Å²) in [5.41, 5.74) is 7.86. The Balaban J connectivity index is 0.793. The average molecular weight is 913 g/mol. The smallest absolute Gasteiger partial charge is 0.407 e. The molecule has 0 radical (unpaired) electrons. The van der Waals surface area contributed by atoms with E-state index in [0.717, 1.165) is 101 Å². The van der Waals surface area contributed by atoms with Crippen LogP contribution in [0.25, 0.3) is 44.2 Å². The molecule has 6 aromatic rings. The van der Waals surface area contributed by atoms with Crippen LogP contribution in [0.1, 0.15) is 101 Å². The van der Waals surface area contributed by atoms with Gasteiger partial charge in [-0.25, -0.2) is 19.6 Å². The van der Waals surface area contributed by atoms with E-state index in [9.17, 15) is 19.2 Å². The van der Waals surface area contributed by atoms with Crippen LogP contribution in [0.15, 0.2) is 103 Å². The number of rotatable bonds is 11. The zero-order chi connectivity index (χ0) is 46.6. The van der Waals surface area contributed by atoms with Crippen molar-refractivity contribution >= 4 is 45.8 Å². The molecule has 68 heavy (non-hydrogen) atoms. The van der Waals surface area contributed by atoms with Crippen LogP contribution < -0.4 is 10.6 Å². The first-order valence-corrected chi connectivity index (χ1v) is 24.2. The lowest BCUT2D eigenvalue weighted by Crippen LogP contribution is -2.54. The number of likely N-dealkylation sites (tertiary alicyclic amines) is 2. The summed E-state index contributed by atoms with van der Waals surface area (Å²) < 4.78 is 9.87. The molecule has 3 saturated carbocycles. The Morgan fingerprint density at radius 1 is 0.838 bits per heavy atom. The molecule has 12 rings (SSSR count). The fraction of sp³-hybridized carbons (Fsp3) is 0.407. The van der Waals surface area contributed by atoms with Crippen LogP contribution >= 0.6 is 0 Å². The third kappa shape index (κ3) is 6.42. The fourth-order valence-electron chi connectivity index (χ4n) is 13.3. The number of alkyl carbamates (subject to hydrolysis) is 2. The molecule has 348 valence electrons. The molecule has 2 bridgehead atoms. The van der Waals surface area contributed by atoms with Crippen molar-refractivity contribution in [2.75, 3.05) is 14.2 Å². The van der Waals surface area contributed by atoms with E-state index in [4.69, 9.17) is 19.4 Å². The summed E-state index contributed by atoms with van der Waals surface area (Å²) in [5.74, 6) is 1.85. The number of nitrogens with zero attached hydrogens (tertiary/aromatic N) is 4. The van der Waals surface area contributed by atoms with E-state index >= 15 is 0 Å². The molecular formula is C54H56N8O6. The van der Waals surface area contributed by atoms with E-state index in [-0.39, 0.29) is 52.7 Å². The first-order chi connectivity index (χ1) is 33.0. The molecule has 3 unspecified atom stereocenters. The summed E-state index contributed by atoms with van der Waals surface area (Å²) >= 11 is 0. The topological polar surface area (TPSA) is 175 Å². The van der Waals surface area contributed by atoms with Crippen LogP contribution in [0.2, 0.25) is 0 Å². The lowest BCUT2D eigenvalue weighted by atomic mass is 9.86. The van der Waals surface area contributed by atoms with Crippen LogP contribution in [0.3, 0.4) is 0 Å². The third-order valence-corrected chi connectivity index (χ3v) is 16.5. The number of ether oxygens (including phenoxy) is 2. The molecular weight excluding hydrogens is 857 g/mol. The number of carbonyl (C=O) groups is 4. The molecule has 5 fully saturated rings. The Hall–Kier alpha value is -6.96. The van der Waals surface area contributed by atoms with Gasteiger partial charge in [-0.3, -0.25) is 9.59 Å². The Morgan fingerprint density at radius 3 is 2.35 bits per heavy atom. The Labute approximate surface area is 394 Å². The van der Waals surface area contributed by atoms with Crippen molar-refractivity contribution < 1.29 is 28.7 Å². The number of H-pyrrole nitrogens is 2. The molecule has 14 nitrogen and oxygen atoms in total. The third-order valence-electron chi connectivity index (χ3n) is 16.5. The lowest BCUT2D eigenvalue weighted by molar-refractivity contribution is -0.140. The SMILES string of the molecule is COC(=O)N[C@H](C(=O)N1[C@H](c2nc3c(ccc4cc(-c5ccc(-c6cnc([C@@H]7[C@H]8CC[C@H](C8)N7C(=O)[C@H](NC(=O)OC)c7ccccc7)[nH]6)cc5)ccc43)[nH]2)CC23CC12C3C1=CCCC1)C(C)C. The van der Waals surface area contributed by atoms with Gasteiger partial charge in [0.15, 0.2) is 0 Å². The minimum Gasteiger partial charge on any atom is -0.453 e. The molecule has 0 spiro atoms. The second-order valence-corrected chi connectivity index (χ2v) is 20.3. The summed E-state index contributed by atoms with van der Waals surface area (Å²) in [6, 6.07) is 26.4. The van der Waals surface area contributed by atoms with Gasteiger partial charge in [-0.2, -0.15) is 0 Å². The maximum absolute atomic E-state index is 14.7. The van der Waals surface area contributed by atoms with Crippen molar-refractivity contribution in [2.45, 2.75) is 101 Å². The highest BCUT2D eigenvalue weighted by molar-refractivity contribution is 6.05. The Morgan fingerprint density at radius 2 is 1.60 bits per heavy atom. The molecule has 6 aliphatic rings. The highest BCUT2D eigenvalue weighted by Gasteiger charge is 2.98. The normalized spacial score (nSPS) is 27.2. The number of amides is 4. The second-order valence-electron chi connectivity index (χ2n) is 20.3. The molecule has 4 aromatic carbocycles. The lowest BCUT2D eigenvalue weighted by Gasteiger charge is -2.39. The summed E-state index contributed by atoms with van der Waals surface area (Å²) in [6.07, 6.45) is 11.1. The molecule has 2 aliphatic heterocycles. The molecule has 9 atom stereocenters. The van der Waals surface area contributed by atoms with E-state index in [0.29, 0.717) is 11.5 Å². The molecule has 4 aliphatic carbocycles. The predicted molar refractivity (Wildman–Crippen MR) is 256 cm³/mol. The van der Waals surface area contributed by atoms with Gasteiger partial charge in [0.2, 0.25) is 5.91 Å². The summed E-state index contributed by atoms with van der Waals surface area (Å²) in [5, 5.41) is 7.74. The van der Waals surface area contributed by atoms with E-state index < -0.39 is 24.3 Å². The maximum Gasteiger partial charge on any atom is 0.407 e. The first-order valence-electron chi connectivity index (χ1n) is 24.2. The van der Waals surface area contributed by atoms with Gasteiger partial charge in [0.05, 0.1) is 54.8 Å². The Kier molecular flexibility index (Phi) is 9.86. The fourth-order valence-corrected chi connectivity index (χ4v) is 13.3. The van der Waals surface area contributed by atoms with Gasteiger partial charge in [-0.05, 0) is 103 Å². The highest BCUT2D eigenvalue weighted by atomic mass is 16.5. The van der Waals surface area contributed by atoms with Crippen LogP contribution in [-0.2, 0) is 19.1 Å². The van der Waals surface area contributed by atoms with Gasteiger partial charge in [-0.15, -0.1) is 0 Å². The van der Waals surface area contributed by atoms with E-state index in [1.807, 2.05) is 55.3 Å². The standard InChI is InChI=1S/C54H56N8O6/c1-29(2)42(59-51(65)67-3)50(64)62-41(26-53-28-54(53,62)46(53)33-12-8-9-13-33)47-56-39-23-20-35-24-34(19-22-38(35)44(39)58-47)30-14-16-31(17-15-30)40-27-55-48(57-40)45-36-18-21-37(25-36)61(45)49(63)43(60-52(66)68-4)32-10-6-5-7-11-32/h5-7,10-12,14-17,19-20,22-24,27,29,36-37,41-43,45-46H,8-9,13,18,21,25-26,28H2,1-4H3,(H,55,57)(H,56,58)(H,59,65)(H,60,66)/t36-,37+,41-,42-,43+,45-,46?,53?,54?/m0/s1. The summed E-state index contributed by atoms with van der Waals surface area (Å²) in [6.45, 7) is 3.93. The number of carbonyl (C=O) groups excluding carboxylic acids is 4. The zero-order valence-electron chi connectivity index (χ0n) is 38.8. The van der Waals surface area contributed by atoms with Crippen molar-refractivity contribution in [3.8, 4) is 22.4 Å². The van der Waals surface area contributed by atoms with E-state index in [1.54, 1.807) is 0 Å². The van der Waals surface area contributed by atoms with Gasteiger partial charge in [0.25, 0.3) is 5.91 Å². The number of methoxy groups -OCH3 is 2. The average Bonchev–Trinajstić information content (AvgIpc) is 4.03. The van der Waals surface area contributed by atoms with Gasteiger partial charge >= 0.3 is 12.2 Å². The molecule has 4 amide bonds. The van der Waals surface area contributed by atoms with Crippen molar-refractivity contribution in [3.05, 3.63) is 120 Å². The largest absolute Gasteiger partial charge is 0.453 e. The van der Waals surface area contributed by atoms with Crippen molar-refractivity contribution in [1.82, 2.24) is 40.4 Å². The molecule has 4 heterocycles. The quantitative estimate of drug-likeness (QED) is 0.0931. The Bertz CT molecular complexity index is 3050. The molecule has 4 N–H and O–H groups in total. The van der Waals surface area contributed by atoms with Crippen LogP contribution in [0, 0.1) is 23.2 Å². The number of allylic oxidation sites excluding steroid dienone is 1. The number of piperidine rings is 3. The van der Waals surface area contributed by atoms with Crippen LogP contribution in [-0.4, -0.2) is 85.6 Å². The minimum atomic E-state index is -0.879. The van der Waals surface area contributed by atoms with E-state index in [1.165, 1.54) is 26.2 Å². The number of imidazole rings is 2. The molecule has 2 saturated heterocycles. The van der Waals surface area contributed by atoms with Crippen molar-refractivity contribution in [3.63, 3.8) is 0 Å². The number of hydrogen-bond donors (Lipinski definition) is 4. The molecule has 2 aromatic heterocycles. The zero-order valence-corrected chi connectivity index (χ0v) is 38.8. The number of hydrogen-bond acceptors (Lipinski definition) is 8. The number of fused-ring (bicyclic) bond motifs is 5. The molecule has 14 heteroatoms. The van der Waals surface area contributed by atoms with Gasteiger partial charge in [0.1, 0.15) is 23.7 Å². The van der Waals surface area contributed by atoms with Crippen molar-refractivity contribution in [2.24, 2.45) is 23.2 Å². The number of benzene rings is 4. The van der Waals surface area contributed by atoms with Gasteiger partial charge < -0.3 is 39.9 Å². The van der Waals surface area contributed by atoms with Crippen LogP contribution in [0.5, 0.6) is 0 Å². The highest BCUT2D eigenvalue weighted by Crippen LogP contribution is 2.94. The second kappa shape index (κ2) is 15.8. The number of aromatic nitrogens is 4. The van der Waals surface area contributed by atoms with Crippen LogP contribution in [0.4, 0.5) is 9.59 Å². The summed E-state index contributed by atoms with van der Waals surface area (Å²) in [4.78, 5) is 75.4. The monoisotopic (exact) mass is 912 g/mol. The number of nitrogens with one attached hydrogen (secondary N) is 4. The number of aromatic amines is 2. The van der Waals surface area contributed by atoms with Gasteiger partial charge in [-0.1, -0.05) is 98.3 Å². The van der Waals surface area contributed by atoms with Crippen molar-refractivity contribution in [1.29, 1.82) is 0 Å². The first kappa shape index (κ1) is 42.4. The van der Waals surface area contributed by atoms with E-state index in [2.05, 4.69) is 86.2 Å². The predicted octanol–water partition coefficient (Wildman–Crippen LogP) is 9.45. The maximum atomic E-state index is 14.7. The minimum absolute atomic E-state index is 0.0624. The van der Waals surface area contributed by atoms with Gasteiger partial charge in [0, 0.05) is 22.8 Å². The summed E-state index contributed by atoms with van der Waals surface area (Å²) in [7, 11) is 2.63.